The van der Waals surface area contributed by atoms with Gasteiger partial charge < -0.3 is 15.4 Å². The summed E-state index contributed by atoms with van der Waals surface area (Å²) in [5.41, 5.74) is 1.78. The number of nitrogens with zero attached hydrogens (tertiary/aromatic N) is 1. The van der Waals surface area contributed by atoms with Gasteiger partial charge in [0.25, 0.3) is 0 Å². The number of carbonyl (C=O) groups excluding carboxylic acids is 1. The maximum absolute atomic E-state index is 13.3. The molecule has 3 rings (SSSR count). The first kappa shape index (κ1) is 16.2. The molecule has 3 atom stereocenters. The summed E-state index contributed by atoms with van der Waals surface area (Å²) >= 11 is 0. The molecule has 6 heteroatoms. The van der Waals surface area contributed by atoms with Crippen LogP contribution in [0.25, 0.3) is 0 Å². The third kappa shape index (κ3) is 3.64. The van der Waals surface area contributed by atoms with Crippen LogP contribution in [-0.4, -0.2) is 24.2 Å². The standard InChI is InChI=1S/C18H20FN3O2/c1-11(14-6-7-20-10-17(14)24-2)21-18(23)22-16-9-15(16)12-4-3-5-13(19)8-12/h3-8,10-11,15-16H,9H2,1-2H3,(H2,21,22,23)/t11-,15+,16-/m1/s1. The highest BCUT2D eigenvalue weighted by molar-refractivity contribution is 5.75. The van der Waals surface area contributed by atoms with E-state index in [0.29, 0.717) is 5.75 Å². The predicted molar refractivity (Wildman–Crippen MR) is 88.4 cm³/mol. The molecule has 2 aromatic rings. The zero-order valence-electron chi connectivity index (χ0n) is 13.6. The van der Waals surface area contributed by atoms with E-state index in [4.69, 9.17) is 4.74 Å². The van der Waals surface area contributed by atoms with Crippen LogP contribution in [0.15, 0.2) is 42.7 Å². The molecule has 2 amide bonds. The Morgan fingerprint density at radius 3 is 3.00 bits per heavy atom. The lowest BCUT2D eigenvalue weighted by Crippen LogP contribution is -2.38. The second-order valence-corrected chi connectivity index (χ2v) is 5.96. The Hall–Kier alpha value is -2.63. The van der Waals surface area contributed by atoms with Gasteiger partial charge >= 0.3 is 6.03 Å². The van der Waals surface area contributed by atoms with Crippen molar-refractivity contribution < 1.29 is 13.9 Å². The number of hydrogen-bond donors (Lipinski definition) is 2. The average molecular weight is 329 g/mol. The van der Waals surface area contributed by atoms with Gasteiger partial charge in [-0.05, 0) is 37.1 Å². The summed E-state index contributed by atoms with van der Waals surface area (Å²) < 4.78 is 18.5. The number of urea groups is 1. The average Bonchev–Trinajstić information content (AvgIpc) is 3.33. The van der Waals surface area contributed by atoms with E-state index in [9.17, 15) is 9.18 Å². The molecule has 5 nitrogen and oxygen atoms in total. The fourth-order valence-corrected chi connectivity index (χ4v) is 2.86. The van der Waals surface area contributed by atoms with Gasteiger partial charge in [-0.15, -0.1) is 0 Å². The number of nitrogens with one attached hydrogen (secondary N) is 2. The van der Waals surface area contributed by atoms with E-state index in [-0.39, 0.29) is 29.8 Å². The Kier molecular flexibility index (Phi) is 4.64. The first-order chi connectivity index (χ1) is 11.6. The molecule has 0 saturated heterocycles. The molecule has 0 spiro atoms. The van der Waals surface area contributed by atoms with Gasteiger partial charge in [-0.3, -0.25) is 4.98 Å². The minimum absolute atomic E-state index is 0.0401. The zero-order valence-corrected chi connectivity index (χ0v) is 13.6. The second-order valence-electron chi connectivity index (χ2n) is 5.96. The number of aromatic nitrogens is 1. The van der Waals surface area contributed by atoms with Crippen molar-refractivity contribution in [1.29, 1.82) is 0 Å². The van der Waals surface area contributed by atoms with Crippen LogP contribution in [0.5, 0.6) is 5.75 Å². The third-order valence-electron chi connectivity index (χ3n) is 4.23. The summed E-state index contributed by atoms with van der Waals surface area (Å²) in [7, 11) is 1.57. The van der Waals surface area contributed by atoms with Crippen molar-refractivity contribution >= 4 is 6.03 Å². The first-order valence-corrected chi connectivity index (χ1v) is 7.89. The van der Waals surface area contributed by atoms with Crippen LogP contribution < -0.4 is 15.4 Å². The van der Waals surface area contributed by atoms with Crippen molar-refractivity contribution in [3.05, 3.63) is 59.7 Å². The maximum atomic E-state index is 13.3. The Balaban J connectivity index is 1.55. The Labute approximate surface area is 140 Å². The van der Waals surface area contributed by atoms with E-state index in [0.717, 1.165) is 17.5 Å². The van der Waals surface area contributed by atoms with E-state index in [1.807, 2.05) is 19.1 Å². The van der Waals surface area contributed by atoms with Gasteiger partial charge in [-0.25, -0.2) is 9.18 Å². The van der Waals surface area contributed by atoms with Gasteiger partial charge in [0.05, 0.1) is 19.3 Å². The quantitative estimate of drug-likeness (QED) is 0.886. The Morgan fingerprint density at radius 2 is 2.25 bits per heavy atom. The molecule has 126 valence electrons. The zero-order chi connectivity index (χ0) is 17.1. The predicted octanol–water partition coefficient (Wildman–Crippen LogP) is 3.15. The number of halogens is 1. The molecule has 1 aromatic carbocycles. The highest BCUT2D eigenvalue weighted by atomic mass is 19.1. The number of benzene rings is 1. The van der Waals surface area contributed by atoms with Crippen molar-refractivity contribution in [3.8, 4) is 5.75 Å². The van der Waals surface area contributed by atoms with Crippen LogP contribution in [0.2, 0.25) is 0 Å². The van der Waals surface area contributed by atoms with Crippen LogP contribution in [0, 0.1) is 5.82 Å². The van der Waals surface area contributed by atoms with E-state index < -0.39 is 0 Å². The smallest absolute Gasteiger partial charge is 0.315 e. The topological polar surface area (TPSA) is 63.2 Å². The fourth-order valence-electron chi connectivity index (χ4n) is 2.86. The third-order valence-corrected chi connectivity index (χ3v) is 4.23. The van der Waals surface area contributed by atoms with Gasteiger partial charge in [0.15, 0.2) is 0 Å². The molecule has 1 fully saturated rings. The summed E-state index contributed by atoms with van der Waals surface area (Å²) in [6.07, 6.45) is 4.10. The van der Waals surface area contributed by atoms with E-state index >= 15 is 0 Å². The number of ether oxygens (including phenoxy) is 1. The normalized spacial score (nSPS) is 20.1. The van der Waals surface area contributed by atoms with Crippen LogP contribution >= 0.6 is 0 Å². The fraction of sp³-hybridized carbons (Fsp3) is 0.333. The van der Waals surface area contributed by atoms with Crippen molar-refractivity contribution in [3.63, 3.8) is 0 Å². The molecule has 0 bridgehead atoms. The molecule has 1 aliphatic rings. The number of pyridine rings is 1. The largest absolute Gasteiger partial charge is 0.495 e. The highest BCUT2D eigenvalue weighted by Gasteiger charge is 2.39. The van der Waals surface area contributed by atoms with Crippen LogP contribution in [-0.2, 0) is 0 Å². The number of rotatable bonds is 5. The maximum Gasteiger partial charge on any atom is 0.315 e. The molecule has 1 aliphatic carbocycles. The number of carbonyl (C=O) groups is 1. The van der Waals surface area contributed by atoms with Gasteiger partial charge in [-0.2, -0.15) is 0 Å². The van der Waals surface area contributed by atoms with Crippen molar-refractivity contribution in [1.82, 2.24) is 15.6 Å². The molecule has 0 radical (unpaired) electrons. The summed E-state index contributed by atoms with van der Waals surface area (Å²) in [6.45, 7) is 1.88. The number of amides is 2. The molecule has 1 saturated carbocycles. The van der Waals surface area contributed by atoms with Crippen molar-refractivity contribution in [2.75, 3.05) is 7.11 Å². The first-order valence-electron chi connectivity index (χ1n) is 7.89. The van der Waals surface area contributed by atoms with Crippen molar-refractivity contribution in [2.45, 2.75) is 31.3 Å². The minimum atomic E-state index is -0.249. The summed E-state index contributed by atoms with van der Waals surface area (Å²) in [6, 6.07) is 7.92. The van der Waals surface area contributed by atoms with Crippen LogP contribution in [0.3, 0.4) is 0 Å². The molecule has 2 N–H and O–H groups in total. The lowest BCUT2D eigenvalue weighted by molar-refractivity contribution is 0.237. The Bertz CT molecular complexity index is 738. The van der Waals surface area contributed by atoms with E-state index in [1.54, 1.807) is 25.6 Å². The molecular weight excluding hydrogens is 309 g/mol. The molecule has 0 aliphatic heterocycles. The van der Waals surface area contributed by atoms with Gasteiger partial charge in [0, 0.05) is 23.7 Å². The van der Waals surface area contributed by atoms with Crippen molar-refractivity contribution in [2.24, 2.45) is 0 Å². The lowest BCUT2D eigenvalue weighted by atomic mass is 10.1. The van der Waals surface area contributed by atoms with E-state index in [1.165, 1.54) is 12.1 Å². The van der Waals surface area contributed by atoms with Crippen LogP contribution in [0.1, 0.15) is 36.4 Å². The van der Waals surface area contributed by atoms with Crippen LogP contribution in [0.4, 0.5) is 9.18 Å². The molecule has 0 unspecified atom stereocenters. The summed E-state index contributed by atoms with van der Waals surface area (Å²) in [4.78, 5) is 16.2. The lowest BCUT2D eigenvalue weighted by Gasteiger charge is -2.17. The molecule has 24 heavy (non-hydrogen) atoms. The summed E-state index contributed by atoms with van der Waals surface area (Å²) in [5.74, 6) is 0.563. The second kappa shape index (κ2) is 6.86. The van der Waals surface area contributed by atoms with E-state index in [2.05, 4.69) is 15.6 Å². The summed E-state index contributed by atoms with van der Waals surface area (Å²) in [5, 5.41) is 5.82. The molecule has 1 heterocycles. The molecule has 1 aromatic heterocycles. The number of hydrogen-bond acceptors (Lipinski definition) is 3. The van der Waals surface area contributed by atoms with Gasteiger partial charge in [0.1, 0.15) is 11.6 Å². The number of methoxy groups -OCH3 is 1. The SMILES string of the molecule is COc1cnccc1[C@@H](C)NC(=O)N[C@@H]1C[C@H]1c1cccc(F)c1. The van der Waals surface area contributed by atoms with Gasteiger partial charge in [-0.1, -0.05) is 12.1 Å². The highest BCUT2D eigenvalue weighted by Crippen LogP contribution is 2.40. The monoisotopic (exact) mass is 329 g/mol. The van der Waals surface area contributed by atoms with Gasteiger partial charge in [0.2, 0.25) is 0 Å². The minimum Gasteiger partial charge on any atom is -0.495 e. The Morgan fingerprint density at radius 1 is 1.42 bits per heavy atom. The molecular formula is C18H20FN3O2.